The third-order valence-electron chi connectivity index (χ3n) is 4.75. The zero-order chi connectivity index (χ0) is 20.1. The molecule has 1 aliphatic rings. The second-order valence-corrected chi connectivity index (χ2v) is 6.94. The standard InChI is InChI=1S/C22H11ClN2O4/c23-13-6-8-14(9-7-13)25-20(26)15-10-5-12(11-17(15)21(25)27)19-24-18-4-2-1-3-16(18)22(28)29-19/h1-11H. The summed E-state index contributed by atoms with van der Waals surface area (Å²) in [6, 6.07) is 17.9. The fourth-order valence-electron chi connectivity index (χ4n) is 3.34. The average Bonchev–Trinajstić information content (AvgIpc) is 2.99. The molecule has 4 aromatic rings. The van der Waals surface area contributed by atoms with Gasteiger partial charge in [-0.1, -0.05) is 23.7 Å². The van der Waals surface area contributed by atoms with Crippen molar-refractivity contribution >= 4 is 40.0 Å². The molecule has 1 aromatic heterocycles. The zero-order valence-corrected chi connectivity index (χ0v) is 15.5. The van der Waals surface area contributed by atoms with Crippen molar-refractivity contribution in [2.24, 2.45) is 0 Å². The fraction of sp³-hybridized carbons (Fsp3) is 0. The first kappa shape index (κ1) is 17.3. The highest BCUT2D eigenvalue weighted by Gasteiger charge is 2.37. The number of halogens is 1. The predicted molar refractivity (Wildman–Crippen MR) is 108 cm³/mol. The van der Waals surface area contributed by atoms with Crippen LogP contribution >= 0.6 is 11.6 Å². The van der Waals surface area contributed by atoms with Gasteiger partial charge in [0.15, 0.2) is 0 Å². The predicted octanol–water partition coefficient (Wildman–Crippen LogP) is 4.31. The van der Waals surface area contributed by atoms with Crippen LogP contribution in [0.3, 0.4) is 0 Å². The van der Waals surface area contributed by atoms with Crippen molar-refractivity contribution in [1.82, 2.24) is 4.98 Å². The topological polar surface area (TPSA) is 80.5 Å². The minimum absolute atomic E-state index is 0.0849. The molecule has 0 spiro atoms. The van der Waals surface area contributed by atoms with Gasteiger partial charge in [-0.3, -0.25) is 9.59 Å². The smallest absolute Gasteiger partial charge is 0.347 e. The van der Waals surface area contributed by atoms with Gasteiger partial charge in [0.25, 0.3) is 11.8 Å². The molecule has 0 radical (unpaired) electrons. The number of aromatic nitrogens is 1. The monoisotopic (exact) mass is 402 g/mol. The van der Waals surface area contributed by atoms with Crippen LogP contribution in [0.4, 0.5) is 5.69 Å². The summed E-state index contributed by atoms with van der Waals surface area (Å²) in [5.74, 6) is -0.800. The number of carbonyl (C=O) groups is 2. The molecule has 0 fully saturated rings. The van der Waals surface area contributed by atoms with Crippen LogP contribution < -0.4 is 10.5 Å². The lowest BCUT2D eigenvalue weighted by molar-refractivity contribution is 0.0926. The molecule has 0 atom stereocenters. The minimum atomic E-state index is -0.517. The van der Waals surface area contributed by atoms with Crippen LogP contribution in [-0.4, -0.2) is 16.8 Å². The number of anilines is 1. The van der Waals surface area contributed by atoms with Crippen molar-refractivity contribution in [2.75, 3.05) is 4.90 Å². The summed E-state index contributed by atoms with van der Waals surface area (Å²) >= 11 is 5.89. The second kappa shape index (κ2) is 6.39. The number of nitrogens with zero attached hydrogens (tertiary/aromatic N) is 2. The Kier molecular flexibility index (Phi) is 3.82. The molecule has 0 bridgehead atoms. The summed E-state index contributed by atoms with van der Waals surface area (Å²) in [6.45, 7) is 0. The average molecular weight is 403 g/mol. The molecule has 0 N–H and O–H groups in total. The van der Waals surface area contributed by atoms with Crippen molar-refractivity contribution in [2.45, 2.75) is 0 Å². The number of fused-ring (bicyclic) bond motifs is 2. The number of amides is 2. The van der Waals surface area contributed by atoms with Crippen molar-refractivity contribution < 1.29 is 14.0 Å². The summed E-state index contributed by atoms with van der Waals surface area (Å²) in [5.41, 5.74) is 1.33. The molecule has 7 heteroatoms. The Morgan fingerprint density at radius 2 is 1.55 bits per heavy atom. The van der Waals surface area contributed by atoms with E-state index in [1.165, 1.54) is 12.1 Å². The van der Waals surface area contributed by atoms with Crippen LogP contribution in [0.5, 0.6) is 0 Å². The van der Waals surface area contributed by atoms with E-state index in [1.807, 2.05) is 0 Å². The second-order valence-electron chi connectivity index (χ2n) is 6.51. The number of carbonyl (C=O) groups excluding carboxylic acids is 2. The summed E-state index contributed by atoms with van der Waals surface area (Å²) in [5, 5.41) is 0.877. The highest BCUT2D eigenvalue weighted by atomic mass is 35.5. The first-order valence-corrected chi connectivity index (χ1v) is 9.09. The van der Waals surface area contributed by atoms with Crippen LogP contribution in [0.2, 0.25) is 5.02 Å². The molecule has 6 nitrogen and oxygen atoms in total. The summed E-state index contributed by atoms with van der Waals surface area (Å²) in [6.07, 6.45) is 0. The quantitative estimate of drug-likeness (QED) is 0.467. The molecular weight excluding hydrogens is 392 g/mol. The molecule has 0 saturated carbocycles. The highest BCUT2D eigenvalue weighted by molar-refractivity contribution is 6.35. The fourth-order valence-corrected chi connectivity index (χ4v) is 3.47. The lowest BCUT2D eigenvalue weighted by atomic mass is 10.1. The van der Waals surface area contributed by atoms with E-state index >= 15 is 0 Å². The Bertz CT molecular complexity index is 1380. The molecule has 5 rings (SSSR count). The summed E-state index contributed by atoms with van der Waals surface area (Å²) in [7, 11) is 0. The highest BCUT2D eigenvalue weighted by Crippen LogP contribution is 2.32. The van der Waals surface area contributed by atoms with Gasteiger partial charge in [0.2, 0.25) is 5.89 Å². The molecular formula is C22H11ClN2O4. The molecule has 29 heavy (non-hydrogen) atoms. The molecule has 0 unspecified atom stereocenters. The van der Waals surface area contributed by atoms with E-state index in [0.29, 0.717) is 27.2 Å². The van der Waals surface area contributed by atoms with Gasteiger partial charge in [-0.15, -0.1) is 0 Å². The minimum Gasteiger partial charge on any atom is -0.403 e. The van der Waals surface area contributed by atoms with E-state index in [4.69, 9.17) is 16.0 Å². The number of hydrogen-bond donors (Lipinski definition) is 0. The van der Waals surface area contributed by atoms with E-state index in [0.717, 1.165) is 4.90 Å². The van der Waals surface area contributed by atoms with E-state index in [1.54, 1.807) is 54.6 Å². The summed E-state index contributed by atoms with van der Waals surface area (Å²) in [4.78, 5) is 43.4. The first-order chi connectivity index (χ1) is 14.0. The Labute approximate surface area is 169 Å². The largest absolute Gasteiger partial charge is 0.403 e. The zero-order valence-electron chi connectivity index (χ0n) is 14.8. The van der Waals surface area contributed by atoms with Crippen molar-refractivity contribution in [3.8, 4) is 11.5 Å². The number of para-hydroxylation sites is 1. The van der Waals surface area contributed by atoms with Crippen LogP contribution in [0, 0.1) is 0 Å². The van der Waals surface area contributed by atoms with Gasteiger partial charge < -0.3 is 4.42 Å². The number of imide groups is 1. The number of benzene rings is 3. The third-order valence-corrected chi connectivity index (χ3v) is 5.01. The van der Waals surface area contributed by atoms with Gasteiger partial charge in [0.1, 0.15) is 0 Å². The van der Waals surface area contributed by atoms with Crippen LogP contribution in [0.25, 0.3) is 22.4 Å². The van der Waals surface area contributed by atoms with Gasteiger partial charge in [-0.25, -0.2) is 14.7 Å². The normalized spacial score (nSPS) is 13.2. The molecule has 2 heterocycles. The first-order valence-electron chi connectivity index (χ1n) is 8.71. The Morgan fingerprint density at radius 1 is 0.828 bits per heavy atom. The van der Waals surface area contributed by atoms with Crippen LogP contribution in [-0.2, 0) is 0 Å². The molecule has 0 aliphatic carbocycles. The van der Waals surface area contributed by atoms with E-state index in [2.05, 4.69) is 4.98 Å². The van der Waals surface area contributed by atoms with Crippen molar-refractivity contribution in [3.63, 3.8) is 0 Å². The third kappa shape index (κ3) is 2.73. The maximum Gasteiger partial charge on any atom is 0.347 e. The summed E-state index contributed by atoms with van der Waals surface area (Å²) < 4.78 is 5.33. The van der Waals surface area contributed by atoms with Gasteiger partial charge >= 0.3 is 5.63 Å². The molecule has 2 amide bonds. The van der Waals surface area contributed by atoms with Gasteiger partial charge in [0.05, 0.1) is 27.7 Å². The van der Waals surface area contributed by atoms with E-state index in [9.17, 15) is 14.4 Å². The van der Waals surface area contributed by atoms with Crippen LogP contribution in [0.15, 0.2) is 75.9 Å². The Morgan fingerprint density at radius 3 is 2.34 bits per heavy atom. The van der Waals surface area contributed by atoms with Gasteiger partial charge in [-0.05, 0) is 54.6 Å². The molecule has 140 valence electrons. The van der Waals surface area contributed by atoms with E-state index in [-0.39, 0.29) is 17.0 Å². The van der Waals surface area contributed by atoms with Gasteiger partial charge in [-0.2, -0.15) is 0 Å². The van der Waals surface area contributed by atoms with Crippen molar-refractivity contribution in [1.29, 1.82) is 0 Å². The lowest BCUT2D eigenvalue weighted by Gasteiger charge is -2.13. The molecule has 1 aliphatic heterocycles. The van der Waals surface area contributed by atoms with Crippen LogP contribution in [0.1, 0.15) is 20.7 Å². The molecule has 3 aromatic carbocycles. The van der Waals surface area contributed by atoms with Crippen molar-refractivity contribution in [3.05, 3.63) is 93.3 Å². The van der Waals surface area contributed by atoms with E-state index < -0.39 is 17.4 Å². The Balaban J connectivity index is 1.60. The number of hydrogen-bond acceptors (Lipinski definition) is 5. The maximum atomic E-state index is 12.9. The lowest BCUT2D eigenvalue weighted by Crippen LogP contribution is -2.29. The maximum absolute atomic E-state index is 12.9. The number of rotatable bonds is 2. The Hall–Kier alpha value is -3.77. The van der Waals surface area contributed by atoms with Gasteiger partial charge in [0, 0.05) is 10.6 Å². The SMILES string of the molecule is O=C1c2ccc(-c3nc4ccccc4c(=O)o3)cc2C(=O)N1c1ccc(Cl)cc1. The molecule has 0 saturated heterocycles.